The molecule has 3 heteroatoms. The molecule has 60 valence electrons. The van der Waals surface area contributed by atoms with Gasteiger partial charge in [-0.15, -0.1) is 0 Å². The van der Waals surface area contributed by atoms with Crippen LogP contribution in [0.4, 0.5) is 5.69 Å². The Hall–Kier alpha value is -0.670. The van der Waals surface area contributed by atoms with Gasteiger partial charge in [0.2, 0.25) is 0 Å². The summed E-state index contributed by atoms with van der Waals surface area (Å²) in [7, 11) is 0. The number of aryl methyl sites for hydroxylation is 1. The van der Waals surface area contributed by atoms with E-state index in [-0.39, 0.29) is 0 Å². The van der Waals surface area contributed by atoms with Crippen molar-refractivity contribution in [3.8, 4) is 0 Å². The van der Waals surface area contributed by atoms with Gasteiger partial charge in [-0.05, 0) is 18.6 Å². The van der Waals surface area contributed by atoms with Gasteiger partial charge in [0.05, 0.1) is 17.0 Å². The zero-order valence-corrected chi connectivity index (χ0v) is 7.44. The smallest absolute Gasteiger partial charge is 0.121 e. The van der Waals surface area contributed by atoms with Crippen molar-refractivity contribution in [2.75, 3.05) is 11.0 Å². The number of benzene rings is 1. The van der Waals surface area contributed by atoms with E-state index < -0.39 is 11.4 Å². The molecule has 0 aromatic heterocycles. The molecule has 0 aliphatic heterocycles. The average Bonchev–Trinajstić information content (AvgIpc) is 1.93. The Morgan fingerprint density at radius 3 is 2.55 bits per heavy atom. The summed E-state index contributed by atoms with van der Waals surface area (Å²) in [5.74, 6) is 0. The monoisotopic (exact) mass is 169 g/mol. The Morgan fingerprint density at radius 2 is 2.00 bits per heavy atom. The van der Waals surface area contributed by atoms with Crippen LogP contribution in [0.2, 0.25) is 0 Å². The van der Waals surface area contributed by atoms with Crippen molar-refractivity contribution in [1.29, 1.82) is 0 Å². The zero-order valence-electron chi connectivity index (χ0n) is 6.63. The van der Waals surface area contributed by atoms with Crippen LogP contribution in [-0.4, -0.2) is 10.8 Å². The predicted octanol–water partition coefficient (Wildman–Crippen LogP) is 1.70. The molecule has 0 amide bonds. The number of hydrogen-bond donors (Lipinski definition) is 1. The molecule has 1 N–H and O–H groups in total. The van der Waals surface area contributed by atoms with E-state index in [1.165, 1.54) is 0 Å². The Labute approximate surface area is 69.9 Å². The van der Waals surface area contributed by atoms with E-state index in [0.29, 0.717) is 0 Å². The lowest BCUT2D eigenvalue weighted by Crippen LogP contribution is -2.10. The first-order valence-corrected chi connectivity index (χ1v) is 4.91. The van der Waals surface area contributed by atoms with Crippen molar-refractivity contribution in [3.63, 3.8) is 0 Å². The normalized spacial score (nSPS) is 12.6. The van der Waals surface area contributed by atoms with E-state index in [1.807, 2.05) is 31.2 Å². The van der Waals surface area contributed by atoms with Gasteiger partial charge in [0.25, 0.3) is 0 Å². The quantitative estimate of drug-likeness (QED) is 0.684. The number of nitrogens with one attached hydrogen (secondary N) is 1. The van der Waals surface area contributed by atoms with Gasteiger partial charge in [-0.25, -0.2) is 4.72 Å². The second-order valence-electron chi connectivity index (χ2n) is 2.37. The summed E-state index contributed by atoms with van der Waals surface area (Å²) in [6, 6.07) is 7.77. The zero-order chi connectivity index (χ0) is 8.27. The molecule has 1 rings (SSSR count). The first-order valence-electron chi connectivity index (χ1n) is 3.36. The molecule has 0 spiro atoms. The van der Waals surface area contributed by atoms with Crippen molar-refractivity contribution in [3.05, 3.63) is 29.8 Å². The van der Waals surface area contributed by atoms with Crippen LogP contribution in [0.3, 0.4) is 0 Å². The minimum Gasteiger partial charge on any atom is -0.593 e. The molecule has 11 heavy (non-hydrogen) atoms. The molecule has 0 bridgehead atoms. The summed E-state index contributed by atoms with van der Waals surface area (Å²) in [5.41, 5.74) is 2.05. The van der Waals surface area contributed by atoms with Crippen molar-refractivity contribution in [1.82, 2.24) is 0 Å². The number of para-hydroxylation sites is 1. The summed E-state index contributed by atoms with van der Waals surface area (Å²) in [6.45, 7) is 1.98. The molecule has 0 saturated carbocycles. The van der Waals surface area contributed by atoms with Gasteiger partial charge < -0.3 is 4.55 Å². The molecule has 0 saturated heterocycles. The first-order chi connectivity index (χ1) is 5.20. The second kappa shape index (κ2) is 3.64. The van der Waals surface area contributed by atoms with Crippen LogP contribution in [0, 0.1) is 6.92 Å². The van der Waals surface area contributed by atoms with Crippen LogP contribution in [-0.2, 0) is 11.4 Å². The van der Waals surface area contributed by atoms with Gasteiger partial charge in [0, 0.05) is 0 Å². The van der Waals surface area contributed by atoms with E-state index in [9.17, 15) is 4.55 Å². The first kappa shape index (κ1) is 8.43. The lowest BCUT2D eigenvalue weighted by molar-refractivity contribution is 0.605. The Kier molecular flexibility index (Phi) is 2.79. The van der Waals surface area contributed by atoms with Gasteiger partial charge in [-0.3, -0.25) is 0 Å². The second-order valence-corrected chi connectivity index (χ2v) is 3.48. The fourth-order valence-electron chi connectivity index (χ4n) is 0.842. The van der Waals surface area contributed by atoms with E-state index in [4.69, 9.17) is 0 Å². The maximum atomic E-state index is 10.8. The molecular weight excluding hydrogens is 158 g/mol. The van der Waals surface area contributed by atoms with Gasteiger partial charge in [-0.2, -0.15) is 0 Å². The van der Waals surface area contributed by atoms with Crippen molar-refractivity contribution >= 4 is 17.0 Å². The van der Waals surface area contributed by atoms with Crippen LogP contribution in [0.5, 0.6) is 0 Å². The van der Waals surface area contributed by atoms with Crippen molar-refractivity contribution in [2.45, 2.75) is 6.92 Å². The topological polar surface area (TPSA) is 35.1 Å². The third-order valence-corrected chi connectivity index (χ3v) is 1.91. The Morgan fingerprint density at radius 1 is 1.36 bits per heavy atom. The predicted molar refractivity (Wildman–Crippen MR) is 48.9 cm³/mol. The summed E-state index contributed by atoms with van der Waals surface area (Å²) in [4.78, 5) is 0. The molecule has 0 aliphatic carbocycles. The fourth-order valence-corrected chi connectivity index (χ4v) is 1.38. The summed E-state index contributed by atoms with van der Waals surface area (Å²) < 4.78 is 13.6. The standard InChI is InChI=1S/C8H11NOS/c1-7-5-3-4-6-8(7)9-11(2)10/h3-6,9H,1-2H3. The van der Waals surface area contributed by atoms with E-state index in [2.05, 4.69) is 4.72 Å². The minimum atomic E-state index is -0.977. The van der Waals surface area contributed by atoms with Crippen molar-refractivity contribution < 1.29 is 4.55 Å². The SMILES string of the molecule is Cc1ccccc1N[S+](C)[O-]. The summed E-state index contributed by atoms with van der Waals surface area (Å²) in [6.07, 6.45) is 1.62. The highest BCUT2D eigenvalue weighted by Gasteiger charge is 1.99. The maximum Gasteiger partial charge on any atom is 0.121 e. The Balaban J connectivity index is 2.78. The molecule has 1 atom stereocenters. The minimum absolute atomic E-state index is 0.938. The molecule has 1 unspecified atom stereocenters. The average molecular weight is 169 g/mol. The molecule has 0 radical (unpaired) electrons. The van der Waals surface area contributed by atoms with Crippen LogP contribution in [0.15, 0.2) is 24.3 Å². The molecule has 0 aliphatic rings. The van der Waals surface area contributed by atoms with Crippen LogP contribution in [0.25, 0.3) is 0 Å². The highest BCUT2D eigenvalue weighted by atomic mass is 32.2. The lowest BCUT2D eigenvalue weighted by atomic mass is 10.2. The summed E-state index contributed by atoms with van der Waals surface area (Å²) in [5, 5.41) is 0. The largest absolute Gasteiger partial charge is 0.593 e. The van der Waals surface area contributed by atoms with Crippen LogP contribution in [0.1, 0.15) is 5.56 Å². The lowest BCUT2D eigenvalue weighted by Gasteiger charge is -2.08. The number of hydrogen-bond acceptors (Lipinski definition) is 2. The van der Waals surface area contributed by atoms with Gasteiger partial charge in [0.1, 0.15) is 6.26 Å². The maximum absolute atomic E-state index is 10.8. The third kappa shape index (κ3) is 2.44. The highest BCUT2D eigenvalue weighted by molar-refractivity contribution is 7.92. The molecule has 1 aromatic carbocycles. The fraction of sp³-hybridized carbons (Fsp3) is 0.250. The Bertz CT molecular complexity index is 237. The number of rotatable bonds is 2. The van der Waals surface area contributed by atoms with E-state index >= 15 is 0 Å². The van der Waals surface area contributed by atoms with E-state index in [1.54, 1.807) is 6.26 Å². The molecular formula is C8H11NOS. The van der Waals surface area contributed by atoms with Gasteiger partial charge >= 0.3 is 0 Å². The molecule has 0 heterocycles. The third-order valence-electron chi connectivity index (χ3n) is 1.40. The van der Waals surface area contributed by atoms with Crippen molar-refractivity contribution in [2.24, 2.45) is 0 Å². The molecule has 2 nitrogen and oxygen atoms in total. The van der Waals surface area contributed by atoms with Crippen LogP contribution >= 0.6 is 0 Å². The van der Waals surface area contributed by atoms with Crippen LogP contribution < -0.4 is 4.72 Å². The van der Waals surface area contributed by atoms with E-state index in [0.717, 1.165) is 11.3 Å². The summed E-state index contributed by atoms with van der Waals surface area (Å²) >= 11 is -0.977. The molecule has 1 aromatic rings. The molecule has 0 fully saturated rings. The highest BCUT2D eigenvalue weighted by Crippen LogP contribution is 2.13. The van der Waals surface area contributed by atoms with Gasteiger partial charge in [0.15, 0.2) is 0 Å². The number of anilines is 1. The van der Waals surface area contributed by atoms with Gasteiger partial charge in [-0.1, -0.05) is 18.2 Å².